The Balaban J connectivity index is 2.00. The summed E-state index contributed by atoms with van der Waals surface area (Å²) in [6.07, 6.45) is 6.50. The highest BCUT2D eigenvalue weighted by Gasteiger charge is 2.27. The van der Waals surface area contributed by atoms with Gasteiger partial charge >= 0.3 is 0 Å². The number of hydrogen-bond donors (Lipinski definition) is 2. The molecule has 2 unspecified atom stereocenters. The molecule has 3 rings (SSSR count). The maximum Gasteiger partial charge on any atom is 0.222 e. The molecule has 0 radical (unpaired) electrons. The van der Waals surface area contributed by atoms with E-state index in [1.807, 2.05) is 12.2 Å². The maximum atomic E-state index is 13.8. The van der Waals surface area contributed by atoms with Crippen LogP contribution in [0.15, 0.2) is 36.5 Å². The smallest absolute Gasteiger partial charge is 0.222 e. The Bertz CT molecular complexity index is 760. The van der Waals surface area contributed by atoms with Crippen molar-refractivity contribution in [3.05, 3.63) is 48.2 Å². The highest BCUT2D eigenvalue weighted by atomic mass is 19.1. The van der Waals surface area contributed by atoms with Gasteiger partial charge in [0.25, 0.3) is 0 Å². The predicted octanol–water partition coefficient (Wildman–Crippen LogP) is 2.75. The van der Waals surface area contributed by atoms with Gasteiger partial charge in [-0.25, -0.2) is 8.78 Å². The van der Waals surface area contributed by atoms with Crippen LogP contribution in [-0.4, -0.2) is 16.9 Å². The van der Waals surface area contributed by atoms with Crippen LogP contribution in [0.2, 0.25) is 0 Å². The zero-order valence-electron chi connectivity index (χ0n) is 11.7. The van der Waals surface area contributed by atoms with Crippen molar-refractivity contribution < 1.29 is 13.6 Å². The third kappa shape index (κ3) is 2.64. The first kappa shape index (κ1) is 14.4. The Hall–Kier alpha value is -2.50. The van der Waals surface area contributed by atoms with Crippen molar-refractivity contribution in [3.63, 3.8) is 0 Å². The number of benzene rings is 1. The minimum Gasteiger partial charge on any atom is -0.381 e. The molecule has 1 aromatic carbocycles. The van der Waals surface area contributed by atoms with E-state index in [2.05, 4.69) is 10.3 Å². The number of anilines is 1. The summed E-state index contributed by atoms with van der Waals surface area (Å²) < 4.78 is 27.3. The number of carbonyl (C=O) groups is 1. The summed E-state index contributed by atoms with van der Waals surface area (Å²) in [7, 11) is 0. The molecule has 1 aromatic heterocycles. The number of primary amides is 1. The number of pyridine rings is 1. The molecule has 1 amide bonds. The summed E-state index contributed by atoms with van der Waals surface area (Å²) >= 11 is 0. The highest BCUT2D eigenvalue weighted by molar-refractivity contribution is 5.92. The van der Waals surface area contributed by atoms with Crippen molar-refractivity contribution in [1.82, 2.24) is 4.98 Å². The number of nitrogens with zero attached hydrogens (tertiary/aromatic N) is 1. The SMILES string of the molecule is NC(=O)C1CC=CCC1Nc1ccnc2c(F)cc(F)cc12. The number of allylic oxidation sites excluding steroid dienone is 1. The quantitative estimate of drug-likeness (QED) is 0.857. The van der Waals surface area contributed by atoms with Crippen LogP contribution < -0.4 is 11.1 Å². The Morgan fingerprint density at radius 2 is 2.05 bits per heavy atom. The number of halogens is 2. The lowest BCUT2D eigenvalue weighted by atomic mass is 9.88. The number of rotatable bonds is 3. The van der Waals surface area contributed by atoms with Gasteiger partial charge in [0.15, 0.2) is 5.82 Å². The van der Waals surface area contributed by atoms with Gasteiger partial charge in [-0.05, 0) is 25.0 Å². The van der Waals surface area contributed by atoms with E-state index in [1.165, 1.54) is 12.3 Å². The van der Waals surface area contributed by atoms with Crippen molar-refractivity contribution in [2.24, 2.45) is 11.7 Å². The van der Waals surface area contributed by atoms with Crippen molar-refractivity contribution in [3.8, 4) is 0 Å². The molecule has 0 saturated heterocycles. The summed E-state index contributed by atoms with van der Waals surface area (Å²) in [5, 5.41) is 3.53. The summed E-state index contributed by atoms with van der Waals surface area (Å²) in [5.74, 6) is -2.13. The molecule has 2 aromatic rings. The molecule has 0 spiro atoms. The number of nitrogens with two attached hydrogens (primary N) is 1. The summed E-state index contributed by atoms with van der Waals surface area (Å²) in [4.78, 5) is 15.5. The molecule has 1 aliphatic carbocycles. The predicted molar refractivity (Wildman–Crippen MR) is 80.1 cm³/mol. The van der Waals surface area contributed by atoms with Gasteiger partial charge in [-0.15, -0.1) is 0 Å². The Labute approximate surface area is 126 Å². The van der Waals surface area contributed by atoms with E-state index in [9.17, 15) is 13.6 Å². The van der Waals surface area contributed by atoms with Gasteiger partial charge < -0.3 is 11.1 Å². The third-order valence-electron chi connectivity index (χ3n) is 3.90. The zero-order chi connectivity index (χ0) is 15.7. The normalized spacial score (nSPS) is 21.0. The second kappa shape index (κ2) is 5.71. The van der Waals surface area contributed by atoms with E-state index in [0.717, 1.165) is 6.07 Å². The number of nitrogens with one attached hydrogen (secondary N) is 1. The van der Waals surface area contributed by atoms with Gasteiger partial charge in [0.2, 0.25) is 5.91 Å². The molecule has 1 heterocycles. The van der Waals surface area contributed by atoms with Gasteiger partial charge in [-0.1, -0.05) is 12.2 Å². The van der Waals surface area contributed by atoms with E-state index in [0.29, 0.717) is 23.9 Å². The zero-order valence-corrected chi connectivity index (χ0v) is 11.7. The van der Waals surface area contributed by atoms with Gasteiger partial charge in [0.1, 0.15) is 11.3 Å². The average molecular weight is 303 g/mol. The fraction of sp³-hybridized carbons (Fsp3) is 0.250. The van der Waals surface area contributed by atoms with Gasteiger partial charge in [-0.2, -0.15) is 0 Å². The second-order valence-corrected chi connectivity index (χ2v) is 5.34. The molecule has 4 nitrogen and oxygen atoms in total. The monoisotopic (exact) mass is 303 g/mol. The fourth-order valence-electron chi connectivity index (χ4n) is 2.79. The minimum atomic E-state index is -0.714. The van der Waals surface area contributed by atoms with Crippen LogP contribution in [0.5, 0.6) is 0 Å². The van der Waals surface area contributed by atoms with E-state index in [-0.39, 0.29) is 17.5 Å². The van der Waals surface area contributed by atoms with Crippen LogP contribution in [0.1, 0.15) is 12.8 Å². The average Bonchev–Trinajstić information content (AvgIpc) is 2.48. The van der Waals surface area contributed by atoms with E-state index in [1.54, 1.807) is 6.07 Å². The molecule has 1 aliphatic rings. The standard InChI is InChI=1S/C16H15F2N3O/c17-9-7-11-14(5-6-20-15(11)12(18)8-9)21-13-4-2-1-3-10(13)16(19)22/h1-2,5-8,10,13H,3-4H2,(H2,19,22)(H,20,21). The van der Waals surface area contributed by atoms with Crippen molar-refractivity contribution in [1.29, 1.82) is 0 Å². The number of aromatic nitrogens is 1. The molecule has 3 N–H and O–H groups in total. The first-order valence-electron chi connectivity index (χ1n) is 7.01. The number of amides is 1. The first-order valence-corrected chi connectivity index (χ1v) is 7.01. The molecule has 0 aliphatic heterocycles. The van der Waals surface area contributed by atoms with Gasteiger partial charge in [0.05, 0.1) is 5.92 Å². The van der Waals surface area contributed by atoms with Crippen molar-refractivity contribution >= 4 is 22.5 Å². The number of fused-ring (bicyclic) bond motifs is 1. The van der Waals surface area contributed by atoms with Gasteiger partial charge in [-0.3, -0.25) is 9.78 Å². The van der Waals surface area contributed by atoms with Crippen LogP contribution in [0, 0.1) is 17.6 Å². The molecular formula is C16H15F2N3O. The Kier molecular flexibility index (Phi) is 3.75. The molecular weight excluding hydrogens is 288 g/mol. The largest absolute Gasteiger partial charge is 0.381 e. The van der Waals surface area contributed by atoms with Crippen LogP contribution in [-0.2, 0) is 4.79 Å². The van der Waals surface area contributed by atoms with E-state index in [4.69, 9.17) is 5.73 Å². The topological polar surface area (TPSA) is 68.0 Å². The van der Waals surface area contributed by atoms with E-state index >= 15 is 0 Å². The number of hydrogen-bond acceptors (Lipinski definition) is 3. The molecule has 0 fully saturated rings. The molecule has 2 atom stereocenters. The number of carbonyl (C=O) groups excluding carboxylic acids is 1. The first-order chi connectivity index (χ1) is 10.6. The molecule has 0 bridgehead atoms. The van der Waals surface area contributed by atoms with Crippen LogP contribution >= 0.6 is 0 Å². The summed E-state index contributed by atoms with van der Waals surface area (Å²) in [6.45, 7) is 0. The lowest BCUT2D eigenvalue weighted by Gasteiger charge is -2.28. The van der Waals surface area contributed by atoms with Crippen LogP contribution in [0.4, 0.5) is 14.5 Å². The molecule has 22 heavy (non-hydrogen) atoms. The van der Waals surface area contributed by atoms with Crippen LogP contribution in [0.3, 0.4) is 0 Å². The van der Waals surface area contributed by atoms with Crippen molar-refractivity contribution in [2.75, 3.05) is 5.32 Å². The maximum absolute atomic E-state index is 13.8. The van der Waals surface area contributed by atoms with E-state index < -0.39 is 17.5 Å². The van der Waals surface area contributed by atoms with Gasteiger partial charge in [0, 0.05) is 29.4 Å². The van der Waals surface area contributed by atoms with Crippen LogP contribution in [0.25, 0.3) is 10.9 Å². The third-order valence-corrected chi connectivity index (χ3v) is 3.90. The molecule has 6 heteroatoms. The Morgan fingerprint density at radius 3 is 2.82 bits per heavy atom. The lowest BCUT2D eigenvalue weighted by Crippen LogP contribution is -2.39. The highest BCUT2D eigenvalue weighted by Crippen LogP contribution is 2.29. The van der Waals surface area contributed by atoms with Crippen molar-refractivity contribution in [2.45, 2.75) is 18.9 Å². The second-order valence-electron chi connectivity index (χ2n) is 5.34. The molecule has 0 saturated carbocycles. The molecule has 114 valence electrons. The minimum absolute atomic E-state index is 0.0911. The Morgan fingerprint density at radius 1 is 1.27 bits per heavy atom. The lowest BCUT2D eigenvalue weighted by molar-refractivity contribution is -0.122. The summed E-state index contributed by atoms with van der Waals surface area (Å²) in [5.41, 5.74) is 6.06. The fourth-order valence-corrected chi connectivity index (χ4v) is 2.79. The summed E-state index contributed by atoms with van der Waals surface area (Å²) in [6, 6.07) is 3.46.